The number of methoxy groups -OCH3 is 2. The summed E-state index contributed by atoms with van der Waals surface area (Å²) in [6.07, 6.45) is 0. The third-order valence-electron chi connectivity index (χ3n) is 4.06. The summed E-state index contributed by atoms with van der Waals surface area (Å²) >= 11 is 6.17. The first-order chi connectivity index (χ1) is 12.0. The van der Waals surface area contributed by atoms with Gasteiger partial charge in [-0.1, -0.05) is 41.9 Å². The maximum atomic E-state index is 12.8. The zero-order valence-electron chi connectivity index (χ0n) is 14.2. The summed E-state index contributed by atoms with van der Waals surface area (Å²) < 4.78 is 10.5. The van der Waals surface area contributed by atoms with Gasteiger partial charge in [0.15, 0.2) is 0 Å². The zero-order valence-corrected chi connectivity index (χ0v) is 15.0. The number of nitrogens with one attached hydrogen (secondary N) is 1. The molecule has 0 unspecified atom stereocenters. The minimum atomic E-state index is -0.220. The average molecular weight is 356 g/mol. The Hall–Kier alpha value is -2.72. The van der Waals surface area contributed by atoms with Crippen molar-refractivity contribution in [2.75, 3.05) is 19.5 Å². The van der Waals surface area contributed by atoms with Crippen LogP contribution < -0.4 is 14.8 Å². The van der Waals surface area contributed by atoms with Crippen molar-refractivity contribution in [3.8, 4) is 11.5 Å². The Balaban J connectivity index is 1.97. The molecule has 25 heavy (non-hydrogen) atoms. The second-order valence-electron chi connectivity index (χ2n) is 5.66. The Bertz CT molecular complexity index is 953. The predicted molar refractivity (Wildman–Crippen MR) is 101 cm³/mol. The Labute approximate surface area is 151 Å². The number of ether oxygens (including phenoxy) is 2. The lowest BCUT2D eigenvalue weighted by molar-refractivity contribution is 0.102. The van der Waals surface area contributed by atoms with Crippen LogP contribution in [0.15, 0.2) is 48.5 Å². The fraction of sp³-hybridized carbons (Fsp3) is 0.150. The number of halogens is 1. The van der Waals surface area contributed by atoms with E-state index in [1.54, 1.807) is 12.1 Å². The normalized spacial score (nSPS) is 10.6. The van der Waals surface area contributed by atoms with Crippen LogP contribution in [0, 0.1) is 6.92 Å². The van der Waals surface area contributed by atoms with E-state index in [1.165, 1.54) is 14.2 Å². The zero-order chi connectivity index (χ0) is 18.0. The van der Waals surface area contributed by atoms with Crippen molar-refractivity contribution in [3.05, 3.63) is 64.7 Å². The highest BCUT2D eigenvalue weighted by Crippen LogP contribution is 2.36. The first kappa shape index (κ1) is 17.1. The molecule has 1 amide bonds. The van der Waals surface area contributed by atoms with Gasteiger partial charge in [0.05, 0.1) is 24.9 Å². The second kappa shape index (κ2) is 7.03. The highest BCUT2D eigenvalue weighted by atomic mass is 35.5. The first-order valence-electron chi connectivity index (χ1n) is 7.75. The largest absolute Gasteiger partial charge is 0.495 e. The topological polar surface area (TPSA) is 47.6 Å². The molecule has 3 rings (SSSR count). The van der Waals surface area contributed by atoms with Gasteiger partial charge in [-0.2, -0.15) is 0 Å². The number of rotatable bonds is 4. The van der Waals surface area contributed by atoms with E-state index in [4.69, 9.17) is 21.1 Å². The molecule has 3 aromatic carbocycles. The summed E-state index contributed by atoms with van der Waals surface area (Å²) in [5.74, 6) is 0.745. The Kier molecular flexibility index (Phi) is 4.81. The Morgan fingerprint density at radius 2 is 1.60 bits per heavy atom. The van der Waals surface area contributed by atoms with Crippen molar-refractivity contribution >= 4 is 34.0 Å². The maximum Gasteiger partial charge on any atom is 0.256 e. The van der Waals surface area contributed by atoms with Gasteiger partial charge in [0.2, 0.25) is 0 Å². The fourth-order valence-electron chi connectivity index (χ4n) is 2.75. The number of benzene rings is 3. The number of aryl methyl sites for hydroxylation is 1. The van der Waals surface area contributed by atoms with Crippen LogP contribution in [0.25, 0.3) is 10.8 Å². The number of carbonyl (C=O) groups is 1. The summed E-state index contributed by atoms with van der Waals surface area (Å²) in [5.41, 5.74) is 1.99. The van der Waals surface area contributed by atoms with E-state index >= 15 is 0 Å². The minimum Gasteiger partial charge on any atom is -0.495 e. The predicted octanol–water partition coefficient (Wildman–Crippen LogP) is 5.07. The van der Waals surface area contributed by atoms with Gasteiger partial charge in [0, 0.05) is 11.6 Å². The quantitative estimate of drug-likeness (QED) is 0.710. The standard InChI is InChI=1S/C20H18ClNO3/c1-12-8-13-6-4-5-7-14(13)9-15(12)20(23)22-17-10-16(21)18(24-2)11-19(17)25-3/h4-11H,1-3H3,(H,22,23). The lowest BCUT2D eigenvalue weighted by atomic mass is 10.0. The highest BCUT2D eigenvalue weighted by molar-refractivity contribution is 6.32. The van der Waals surface area contributed by atoms with Crippen molar-refractivity contribution in [3.63, 3.8) is 0 Å². The van der Waals surface area contributed by atoms with E-state index in [1.807, 2.05) is 43.3 Å². The molecule has 0 fully saturated rings. The van der Waals surface area contributed by atoms with Gasteiger partial charge in [-0.25, -0.2) is 0 Å². The number of fused-ring (bicyclic) bond motifs is 1. The molecular formula is C20H18ClNO3. The van der Waals surface area contributed by atoms with Crippen LogP contribution in [0.1, 0.15) is 15.9 Å². The van der Waals surface area contributed by atoms with Crippen LogP contribution in [-0.4, -0.2) is 20.1 Å². The van der Waals surface area contributed by atoms with Crippen LogP contribution in [0.5, 0.6) is 11.5 Å². The molecule has 1 N–H and O–H groups in total. The third-order valence-corrected chi connectivity index (χ3v) is 4.35. The number of hydrogen-bond donors (Lipinski definition) is 1. The second-order valence-corrected chi connectivity index (χ2v) is 6.06. The van der Waals surface area contributed by atoms with Crippen molar-refractivity contribution < 1.29 is 14.3 Å². The fourth-order valence-corrected chi connectivity index (χ4v) is 2.99. The SMILES string of the molecule is COc1cc(OC)c(NC(=O)c2cc3ccccc3cc2C)cc1Cl. The summed E-state index contributed by atoms with van der Waals surface area (Å²) in [5, 5.41) is 5.38. The molecule has 4 nitrogen and oxygen atoms in total. The minimum absolute atomic E-state index is 0.220. The van der Waals surface area contributed by atoms with Gasteiger partial charge >= 0.3 is 0 Å². The molecule has 3 aromatic rings. The number of amides is 1. The molecule has 0 aromatic heterocycles. The highest BCUT2D eigenvalue weighted by Gasteiger charge is 2.15. The smallest absolute Gasteiger partial charge is 0.256 e. The van der Waals surface area contributed by atoms with Crippen molar-refractivity contribution in [1.29, 1.82) is 0 Å². The molecule has 0 spiro atoms. The van der Waals surface area contributed by atoms with Gasteiger partial charge in [-0.15, -0.1) is 0 Å². The van der Waals surface area contributed by atoms with Crippen LogP contribution in [0.2, 0.25) is 5.02 Å². The van der Waals surface area contributed by atoms with Crippen LogP contribution in [0.4, 0.5) is 5.69 Å². The van der Waals surface area contributed by atoms with Gasteiger partial charge in [-0.05, 0) is 35.4 Å². The Morgan fingerprint density at radius 1 is 0.960 bits per heavy atom. The summed E-state index contributed by atoms with van der Waals surface area (Å²) in [4.78, 5) is 12.8. The van der Waals surface area contributed by atoms with Crippen molar-refractivity contribution in [2.45, 2.75) is 6.92 Å². The van der Waals surface area contributed by atoms with Crippen molar-refractivity contribution in [1.82, 2.24) is 0 Å². The molecule has 5 heteroatoms. The molecule has 0 aliphatic rings. The average Bonchev–Trinajstić information content (AvgIpc) is 2.61. The lowest BCUT2D eigenvalue weighted by Gasteiger charge is -2.14. The van der Waals surface area contributed by atoms with Crippen LogP contribution in [-0.2, 0) is 0 Å². The number of hydrogen-bond acceptors (Lipinski definition) is 3. The van der Waals surface area contributed by atoms with E-state index in [0.29, 0.717) is 27.8 Å². The molecular weight excluding hydrogens is 338 g/mol. The molecule has 0 aliphatic heterocycles. The maximum absolute atomic E-state index is 12.8. The van der Waals surface area contributed by atoms with Crippen molar-refractivity contribution in [2.24, 2.45) is 0 Å². The molecule has 0 atom stereocenters. The molecule has 0 aliphatic carbocycles. The summed E-state index contributed by atoms with van der Waals surface area (Å²) in [6.45, 7) is 1.92. The van der Waals surface area contributed by atoms with E-state index in [-0.39, 0.29) is 5.91 Å². The van der Waals surface area contributed by atoms with E-state index in [9.17, 15) is 4.79 Å². The van der Waals surface area contributed by atoms with E-state index in [0.717, 1.165) is 16.3 Å². The molecule has 0 bridgehead atoms. The number of carbonyl (C=O) groups excluding carboxylic acids is 1. The van der Waals surface area contributed by atoms with Crippen LogP contribution in [0.3, 0.4) is 0 Å². The summed E-state index contributed by atoms with van der Waals surface area (Å²) in [6, 6.07) is 15.1. The van der Waals surface area contributed by atoms with E-state index in [2.05, 4.69) is 5.32 Å². The van der Waals surface area contributed by atoms with Crippen LogP contribution >= 0.6 is 11.6 Å². The lowest BCUT2D eigenvalue weighted by Crippen LogP contribution is -2.14. The third kappa shape index (κ3) is 3.39. The molecule has 0 saturated carbocycles. The molecule has 0 heterocycles. The molecule has 0 saturated heterocycles. The molecule has 0 radical (unpaired) electrons. The van der Waals surface area contributed by atoms with Gasteiger partial charge < -0.3 is 14.8 Å². The summed E-state index contributed by atoms with van der Waals surface area (Å²) in [7, 11) is 3.05. The Morgan fingerprint density at radius 3 is 2.24 bits per heavy atom. The molecule has 128 valence electrons. The van der Waals surface area contributed by atoms with Gasteiger partial charge in [0.1, 0.15) is 11.5 Å². The van der Waals surface area contributed by atoms with Gasteiger partial charge in [0.25, 0.3) is 5.91 Å². The first-order valence-corrected chi connectivity index (χ1v) is 8.13. The van der Waals surface area contributed by atoms with Gasteiger partial charge in [-0.3, -0.25) is 4.79 Å². The monoisotopic (exact) mass is 355 g/mol. The van der Waals surface area contributed by atoms with E-state index < -0.39 is 0 Å². The number of anilines is 1.